The molecule has 7 nitrogen and oxygen atoms in total. The quantitative estimate of drug-likeness (QED) is 0.316. The maximum absolute atomic E-state index is 13.7. The van der Waals surface area contributed by atoms with Crippen molar-refractivity contribution >= 4 is 35.0 Å². The highest BCUT2D eigenvalue weighted by Crippen LogP contribution is 2.30. The predicted octanol–water partition coefficient (Wildman–Crippen LogP) is 6.02. The molecule has 1 aliphatic rings. The van der Waals surface area contributed by atoms with Crippen LogP contribution < -0.4 is 5.32 Å². The second-order valence-corrected chi connectivity index (χ2v) is 10.7. The van der Waals surface area contributed by atoms with Crippen molar-refractivity contribution in [3.8, 4) is 0 Å². The van der Waals surface area contributed by atoms with Gasteiger partial charge in [0.1, 0.15) is 24.3 Å². The van der Waals surface area contributed by atoms with Gasteiger partial charge in [-0.1, -0.05) is 91.0 Å². The number of hydrogen-bond donors (Lipinski definition) is 1. The topological polar surface area (TPSA) is 84.9 Å². The second kappa shape index (κ2) is 14.1. The SMILES string of the molecule is Br.CC(C)(C)OC(=O)N1CCC[C@H]1C(=O)N[C@H](C(=O)OCc1ccccc1)C(c1ccccc1)c1ccccc1. The molecule has 2 amide bonds. The van der Waals surface area contributed by atoms with Crippen LogP contribution in [0.4, 0.5) is 4.79 Å². The summed E-state index contributed by atoms with van der Waals surface area (Å²) in [6.45, 7) is 5.87. The Bertz CT molecular complexity index is 1210. The Labute approximate surface area is 246 Å². The van der Waals surface area contributed by atoms with E-state index >= 15 is 0 Å². The van der Waals surface area contributed by atoms with E-state index in [2.05, 4.69) is 5.32 Å². The van der Waals surface area contributed by atoms with Crippen LogP contribution in [0.1, 0.15) is 56.2 Å². The molecule has 8 heteroatoms. The highest BCUT2D eigenvalue weighted by Gasteiger charge is 2.40. The number of rotatable bonds is 8. The van der Waals surface area contributed by atoms with Crippen LogP contribution in [0.25, 0.3) is 0 Å². The molecule has 1 N–H and O–H groups in total. The van der Waals surface area contributed by atoms with Gasteiger partial charge in [0, 0.05) is 12.5 Å². The van der Waals surface area contributed by atoms with Crippen LogP contribution in [-0.4, -0.2) is 47.1 Å². The number of carbonyl (C=O) groups excluding carboxylic acids is 3. The van der Waals surface area contributed by atoms with Crippen molar-refractivity contribution in [3.63, 3.8) is 0 Å². The molecule has 0 aromatic heterocycles. The van der Waals surface area contributed by atoms with Crippen molar-refractivity contribution in [2.75, 3.05) is 6.54 Å². The highest BCUT2D eigenvalue weighted by molar-refractivity contribution is 8.93. The monoisotopic (exact) mass is 608 g/mol. The summed E-state index contributed by atoms with van der Waals surface area (Å²) in [5.74, 6) is -1.46. The van der Waals surface area contributed by atoms with Crippen LogP contribution in [0.2, 0.25) is 0 Å². The normalized spacial score (nSPS) is 15.6. The van der Waals surface area contributed by atoms with Crippen molar-refractivity contribution < 1.29 is 23.9 Å². The average molecular weight is 610 g/mol. The Morgan fingerprint density at radius 1 is 0.875 bits per heavy atom. The molecule has 4 rings (SSSR count). The molecule has 0 saturated carbocycles. The number of nitrogens with one attached hydrogen (secondary N) is 1. The molecule has 0 bridgehead atoms. The molecule has 0 radical (unpaired) electrons. The number of esters is 1. The fourth-order valence-corrected chi connectivity index (χ4v) is 4.82. The van der Waals surface area contributed by atoms with E-state index in [1.165, 1.54) is 4.90 Å². The minimum atomic E-state index is -1.02. The Morgan fingerprint density at radius 2 is 1.40 bits per heavy atom. The Balaban J connectivity index is 0.00000441. The van der Waals surface area contributed by atoms with Crippen molar-refractivity contribution in [2.24, 2.45) is 0 Å². The molecule has 0 spiro atoms. The first-order valence-electron chi connectivity index (χ1n) is 13.3. The first-order chi connectivity index (χ1) is 18.7. The summed E-state index contributed by atoms with van der Waals surface area (Å²) >= 11 is 0. The van der Waals surface area contributed by atoms with E-state index in [0.29, 0.717) is 19.4 Å². The van der Waals surface area contributed by atoms with Crippen LogP contribution in [0, 0.1) is 0 Å². The second-order valence-electron chi connectivity index (χ2n) is 10.7. The Morgan fingerprint density at radius 3 is 1.93 bits per heavy atom. The van der Waals surface area contributed by atoms with Gasteiger partial charge in [-0.05, 0) is 50.3 Å². The number of nitrogens with zero attached hydrogens (tertiary/aromatic N) is 1. The van der Waals surface area contributed by atoms with Gasteiger partial charge in [0.05, 0.1) is 0 Å². The zero-order valence-corrected chi connectivity index (χ0v) is 24.8. The van der Waals surface area contributed by atoms with Crippen LogP contribution in [0.5, 0.6) is 0 Å². The van der Waals surface area contributed by atoms with Crippen LogP contribution in [0.15, 0.2) is 91.0 Å². The molecule has 2 atom stereocenters. The molecule has 212 valence electrons. The third-order valence-electron chi connectivity index (χ3n) is 6.61. The number of carbonyl (C=O) groups is 3. The molecule has 40 heavy (non-hydrogen) atoms. The summed E-state index contributed by atoms with van der Waals surface area (Å²) in [6, 6.07) is 26.8. The standard InChI is InChI=1S/C32H36N2O5.BrH/c1-32(2,3)39-31(37)34-21-13-20-26(34)29(35)33-28(30(36)38-22-23-14-7-4-8-15-23)27(24-16-9-5-10-17-24)25-18-11-6-12-19-25;/h4-12,14-19,26-28H,13,20-22H2,1-3H3,(H,33,35);1H/t26-,28-;/m0./s1. The molecule has 1 fully saturated rings. The van der Waals surface area contributed by atoms with Crippen molar-refractivity contribution in [3.05, 3.63) is 108 Å². The number of halogens is 1. The molecule has 3 aromatic rings. The third kappa shape index (κ3) is 8.18. The summed E-state index contributed by atoms with van der Waals surface area (Å²) in [6.07, 6.45) is 0.616. The van der Waals surface area contributed by atoms with Gasteiger partial charge < -0.3 is 14.8 Å². The van der Waals surface area contributed by atoms with E-state index < -0.39 is 41.6 Å². The zero-order valence-electron chi connectivity index (χ0n) is 23.1. The van der Waals surface area contributed by atoms with Gasteiger partial charge in [-0.15, -0.1) is 17.0 Å². The van der Waals surface area contributed by atoms with Gasteiger partial charge in [-0.3, -0.25) is 9.69 Å². The minimum absolute atomic E-state index is 0. The summed E-state index contributed by atoms with van der Waals surface area (Å²) in [4.78, 5) is 41.7. The van der Waals surface area contributed by atoms with Crippen molar-refractivity contribution in [1.29, 1.82) is 0 Å². The number of amides is 2. The average Bonchev–Trinajstić information content (AvgIpc) is 3.43. The van der Waals surface area contributed by atoms with Gasteiger partial charge in [0.25, 0.3) is 0 Å². The number of ether oxygens (including phenoxy) is 2. The first-order valence-corrected chi connectivity index (χ1v) is 13.3. The summed E-state index contributed by atoms with van der Waals surface area (Å²) in [7, 11) is 0. The van der Waals surface area contributed by atoms with E-state index in [4.69, 9.17) is 9.47 Å². The molecule has 1 saturated heterocycles. The highest BCUT2D eigenvalue weighted by atomic mass is 79.9. The van der Waals surface area contributed by atoms with Crippen molar-refractivity contribution in [1.82, 2.24) is 10.2 Å². The first kappa shape index (κ1) is 30.9. The zero-order chi connectivity index (χ0) is 27.8. The van der Waals surface area contributed by atoms with Gasteiger partial charge in [0.15, 0.2) is 0 Å². The summed E-state index contributed by atoms with van der Waals surface area (Å²) < 4.78 is 11.3. The third-order valence-corrected chi connectivity index (χ3v) is 6.61. The van der Waals surface area contributed by atoms with Crippen LogP contribution in [0.3, 0.4) is 0 Å². The van der Waals surface area contributed by atoms with Gasteiger partial charge >= 0.3 is 12.1 Å². The lowest BCUT2D eigenvalue weighted by Gasteiger charge is -2.31. The Hall–Kier alpha value is -3.65. The molecule has 1 heterocycles. The molecule has 1 aliphatic heterocycles. The van der Waals surface area contributed by atoms with E-state index in [-0.39, 0.29) is 23.6 Å². The maximum atomic E-state index is 13.7. The predicted molar refractivity (Wildman–Crippen MR) is 159 cm³/mol. The maximum Gasteiger partial charge on any atom is 0.410 e. The Kier molecular flexibility index (Phi) is 10.9. The molecule has 0 aliphatic carbocycles. The molecular weight excluding hydrogens is 572 g/mol. The van der Waals surface area contributed by atoms with Crippen LogP contribution in [-0.2, 0) is 25.7 Å². The lowest BCUT2D eigenvalue weighted by Crippen LogP contribution is -2.53. The fourth-order valence-electron chi connectivity index (χ4n) is 4.82. The molecule has 0 unspecified atom stereocenters. The number of benzene rings is 3. The molecule has 3 aromatic carbocycles. The van der Waals surface area contributed by atoms with E-state index in [0.717, 1.165) is 16.7 Å². The van der Waals surface area contributed by atoms with Crippen molar-refractivity contribution in [2.45, 2.75) is 63.8 Å². The largest absolute Gasteiger partial charge is 0.459 e. The minimum Gasteiger partial charge on any atom is -0.459 e. The van der Waals surface area contributed by atoms with E-state index in [1.54, 1.807) is 20.8 Å². The summed E-state index contributed by atoms with van der Waals surface area (Å²) in [5.41, 5.74) is 1.89. The smallest absolute Gasteiger partial charge is 0.410 e. The number of likely N-dealkylation sites (tertiary alicyclic amines) is 1. The summed E-state index contributed by atoms with van der Waals surface area (Å²) in [5, 5.41) is 2.98. The molecular formula is C32H37BrN2O5. The van der Waals surface area contributed by atoms with Crippen LogP contribution >= 0.6 is 17.0 Å². The fraction of sp³-hybridized carbons (Fsp3) is 0.344. The van der Waals surface area contributed by atoms with E-state index in [1.807, 2.05) is 91.0 Å². The van der Waals surface area contributed by atoms with Gasteiger partial charge in [-0.2, -0.15) is 0 Å². The van der Waals surface area contributed by atoms with E-state index in [9.17, 15) is 14.4 Å². The lowest BCUT2D eigenvalue weighted by molar-refractivity contribution is -0.150. The van der Waals surface area contributed by atoms with Gasteiger partial charge in [0.2, 0.25) is 5.91 Å². The number of hydrogen-bond acceptors (Lipinski definition) is 5. The van der Waals surface area contributed by atoms with Gasteiger partial charge in [-0.25, -0.2) is 9.59 Å². The lowest BCUT2D eigenvalue weighted by atomic mass is 9.84.